The summed E-state index contributed by atoms with van der Waals surface area (Å²) in [4.78, 5) is 11.0. The number of nitrogens with zero attached hydrogens (tertiary/aromatic N) is 3. The summed E-state index contributed by atoms with van der Waals surface area (Å²) in [6, 6.07) is 1.77. The largest absolute Gasteiger partial charge is 0.379 e. The lowest BCUT2D eigenvalue weighted by molar-refractivity contribution is 0.0378. The van der Waals surface area contributed by atoms with Gasteiger partial charge >= 0.3 is 0 Å². The predicted octanol–water partition coefficient (Wildman–Crippen LogP) is 1.83. The summed E-state index contributed by atoms with van der Waals surface area (Å²) in [6.45, 7) is 7.81. The molecular weight excluding hydrogens is 264 g/mol. The van der Waals surface area contributed by atoms with Gasteiger partial charge in [-0.2, -0.15) is 0 Å². The van der Waals surface area contributed by atoms with E-state index in [1.807, 2.05) is 6.92 Å². The van der Waals surface area contributed by atoms with Crippen molar-refractivity contribution < 1.29 is 4.74 Å². The fourth-order valence-electron chi connectivity index (χ4n) is 2.06. The molecule has 0 aliphatic carbocycles. The van der Waals surface area contributed by atoms with Crippen molar-refractivity contribution in [3.8, 4) is 0 Å². The van der Waals surface area contributed by atoms with Crippen molar-refractivity contribution in [3.63, 3.8) is 0 Å². The van der Waals surface area contributed by atoms with Crippen molar-refractivity contribution in [2.45, 2.75) is 19.8 Å². The molecule has 106 valence electrons. The van der Waals surface area contributed by atoms with Crippen LogP contribution in [0.1, 0.15) is 19.2 Å². The first kappa shape index (κ1) is 14.5. The lowest BCUT2D eigenvalue weighted by atomic mass is 10.3. The molecule has 1 aromatic rings. The summed E-state index contributed by atoms with van der Waals surface area (Å²) >= 11 is 5.95. The molecular formula is C13H21ClN4O. The average molecular weight is 285 g/mol. The molecule has 2 heterocycles. The maximum Gasteiger partial charge on any atom is 0.134 e. The number of morpholine rings is 1. The SMILES string of the molecule is CCc1nc(Cl)cc(NCCCN2CCOCC2)n1. The van der Waals surface area contributed by atoms with Crippen molar-refractivity contribution in [1.29, 1.82) is 0 Å². The molecule has 1 aliphatic heterocycles. The highest BCUT2D eigenvalue weighted by atomic mass is 35.5. The molecule has 0 bridgehead atoms. The molecule has 1 aromatic heterocycles. The van der Waals surface area contributed by atoms with Crippen LogP contribution in [0.4, 0.5) is 5.82 Å². The van der Waals surface area contributed by atoms with Gasteiger partial charge in [0.05, 0.1) is 13.2 Å². The number of hydrogen-bond donors (Lipinski definition) is 1. The third-order valence-electron chi connectivity index (χ3n) is 3.12. The Morgan fingerprint density at radius 3 is 2.89 bits per heavy atom. The first-order chi connectivity index (χ1) is 9.28. The summed E-state index contributed by atoms with van der Waals surface area (Å²) in [5.74, 6) is 1.60. The lowest BCUT2D eigenvalue weighted by Gasteiger charge is -2.26. The first-order valence-corrected chi connectivity index (χ1v) is 7.23. The number of hydrogen-bond acceptors (Lipinski definition) is 5. The molecule has 1 fully saturated rings. The number of anilines is 1. The molecule has 6 heteroatoms. The third kappa shape index (κ3) is 4.93. The van der Waals surface area contributed by atoms with Crippen molar-refractivity contribution >= 4 is 17.4 Å². The molecule has 0 amide bonds. The second-order valence-electron chi connectivity index (χ2n) is 4.58. The molecule has 1 N–H and O–H groups in total. The van der Waals surface area contributed by atoms with Crippen LogP contribution in [-0.4, -0.2) is 54.3 Å². The fraction of sp³-hybridized carbons (Fsp3) is 0.692. The molecule has 19 heavy (non-hydrogen) atoms. The summed E-state index contributed by atoms with van der Waals surface area (Å²) in [5.41, 5.74) is 0. The quantitative estimate of drug-likeness (QED) is 0.638. The number of ether oxygens (including phenoxy) is 1. The van der Waals surface area contributed by atoms with Gasteiger partial charge < -0.3 is 10.1 Å². The lowest BCUT2D eigenvalue weighted by Crippen LogP contribution is -2.37. The molecule has 0 unspecified atom stereocenters. The zero-order valence-electron chi connectivity index (χ0n) is 11.4. The van der Waals surface area contributed by atoms with E-state index >= 15 is 0 Å². The van der Waals surface area contributed by atoms with Gasteiger partial charge in [0.25, 0.3) is 0 Å². The predicted molar refractivity (Wildman–Crippen MR) is 76.8 cm³/mol. The average Bonchev–Trinajstić information content (AvgIpc) is 2.44. The van der Waals surface area contributed by atoms with E-state index < -0.39 is 0 Å². The van der Waals surface area contributed by atoms with E-state index in [9.17, 15) is 0 Å². The van der Waals surface area contributed by atoms with Gasteiger partial charge in [0, 0.05) is 32.1 Å². The van der Waals surface area contributed by atoms with E-state index in [4.69, 9.17) is 16.3 Å². The minimum Gasteiger partial charge on any atom is -0.379 e. The Morgan fingerprint density at radius 2 is 2.16 bits per heavy atom. The van der Waals surface area contributed by atoms with E-state index in [0.717, 1.165) is 63.9 Å². The number of nitrogens with one attached hydrogen (secondary N) is 1. The minimum atomic E-state index is 0.502. The molecule has 1 saturated heterocycles. The molecule has 0 atom stereocenters. The highest BCUT2D eigenvalue weighted by Crippen LogP contribution is 2.11. The van der Waals surface area contributed by atoms with Crippen LogP contribution in [0, 0.1) is 0 Å². The molecule has 0 aromatic carbocycles. The van der Waals surface area contributed by atoms with Crippen molar-refractivity contribution in [2.75, 3.05) is 44.7 Å². The van der Waals surface area contributed by atoms with Gasteiger partial charge in [0.15, 0.2) is 0 Å². The van der Waals surface area contributed by atoms with Crippen LogP contribution in [0.5, 0.6) is 0 Å². The summed E-state index contributed by atoms with van der Waals surface area (Å²) in [5, 5.41) is 3.81. The minimum absolute atomic E-state index is 0.502. The monoisotopic (exact) mass is 284 g/mol. The standard InChI is InChI=1S/C13H21ClN4O/c1-2-12-16-11(14)10-13(17-12)15-4-3-5-18-6-8-19-9-7-18/h10H,2-9H2,1H3,(H,15,16,17). The first-order valence-electron chi connectivity index (χ1n) is 6.85. The molecule has 0 radical (unpaired) electrons. The molecule has 0 spiro atoms. The zero-order chi connectivity index (χ0) is 13.5. The van der Waals surface area contributed by atoms with Gasteiger partial charge in [-0.1, -0.05) is 18.5 Å². The van der Waals surface area contributed by atoms with E-state index in [1.165, 1.54) is 0 Å². The zero-order valence-corrected chi connectivity index (χ0v) is 12.1. The molecule has 1 aliphatic rings. The Hall–Kier alpha value is -0.910. The van der Waals surface area contributed by atoms with E-state index in [0.29, 0.717) is 5.15 Å². The Balaban J connectivity index is 1.71. The van der Waals surface area contributed by atoms with Crippen LogP contribution in [0.2, 0.25) is 5.15 Å². The normalized spacial score (nSPS) is 16.5. The topological polar surface area (TPSA) is 50.3 Å². The van der Waals surface area contributed by atoms with Gasteiger partial charge in [-0.05, 0) is 13.0 Å². The van der Waals surface area contributed by atoms with Crippen LogP contribution in [0.3, 0.4) is 0 Å². The van der Waals surface area contributed by atoms with Crippen LogP contribution >= 0.6 is 11.6 Å². The van der Waals surface area contributed by atoms with Gasteiger partial charge in [-0.15, -0.1) is 0 Å². The number of halogens is 1. The van der Waals surface area contributed by atoms with Crippen LogP contribution in [-0.2, 0) is 11.2 Å². The van der Waals surface area contributed by atoms with Gasteiger partial charge in [-0.3, -0.25) is 4.90 Å². The number of aromatic nitrogens is 2. The second kappa shape index (κ2) is 7.62. The maximum absolute atomic E-state index is 5.95. The third-order valence-corrected chi connectivity index (χ3v) is 3.31. The Bertz CT molecular complexity index is 396. The Labute approximate surface area is 119 Å². The van der Waals surface area contributed by atoms with Gasteiger partial charge in [0.1, 0.15) is 16.8 Å². The summed E-state index contributed by atoms with van der Waals surface area (Å²) in [7, 11) is 0. The van der Waals surface area contributed by atoms with Crippen molar-refractivity contribution in [1.82, 2.24) is 14.9 Å². The van der Waals surface area contributed by atoms with Crippen LogP contribution in [0.25, 0.3) is 0 Å². The summed E-state index contributed by atoms with van der Waals surface area (Å²) in [6.07, 6.45) is 1.88. The molecule has 2 rings (SSSR count). The Kier molecular flexibility index (Phi) is 5.82. The van der Waals surface area contributed by atoms with E-state index in [2.05, 4.69) is 20.2 Å². The fourth-order valence-corrected chi connectivity index (χ4v) is 2.26. The smallest absolute Gasteiger partial charge is 0.134 e. The van der Waals surface area contributed by atoms with Crippen LogP contribution in [0.15, 0.2) is 6.07 Å². The maximum atomic E-state index is 5.95. The van der Waals surface area contributed by atoms with Crippen molar-refractivity contribution in [2.24, 2.45) is 0 Å². The molecule has 5 nitrogen and oxygen atoms in total. The van der Waals surface area contributed by atoms with Crippen molar-refractivity contribution in [3.05, 3.63) is 17.0 Å². The molecule has 0 saturated carbocycles. The van der Waals surface area contributed by atoms with Gasteiger partial charge in [0.2, 0.25) is 0 Å². The highest BCUT2D eigenvalue weighted by molar-refractivity contribution is 6.29. The number of aryl methyl sites for hydroxylation is 1. The highest BCUT2D eigenvalue weighted by Gasteiger charge is 2.09. The second-order valence-corrected chi connectivity index (χ2v) is 4.97. The van der Waals surface area contributed by atoms with E-state index in [-0.39, 0.29) is 0 Å². The van der Waals surface area contributed by atoms with Crippen LogP contribution < -0.4 is 5.32 Å². The number of rotatable bonds is 6. The van der Waals surface area contributed by atoms with Gasteiger partial charge in [-0.25, -0.2) is 9.97 Å². The Morgan fingerprint density at radius 1 is 1.37 bits per heavy atom. The summed E-state index contributed by atoms with van der Waals surface area (Å²) < 4.78 is 5.33. The van der Waals surface area contributed by atoms with E-state index in [1.54, 1.807) is 6.07 Å².